The molecule has 27 heavy (non-hydrogen) atoms. The summed E-state index contributed by atoms with van der Waals surface area (Å²) in [6.07, 6.45) is -0.766. The third-order valence-corrected chi connectivity index (χ3v) is 6.44. The van der Waals surface area contributed by atoms with Crippen molar-refractivity contribution in [3.63, 3.8) is 0 Å². The van der Waals surface area contributed by atoms with E-state index in [1.54, 1.807) is 26.0 Å². The minimum atomic E-state index is -3.59. The lowest BCUT2D eigenvalue weighted by Crippen LogP contribution is -2.30. The van der Waals surface area contributed by atoms with Crippen LogP contribution in [-0.4, -0.2) is 38.8 Å². The zero-order valence-electron chi connectivity index (χ0n) is 15.9. The number of ether oxygens (including phenoxy) is 1. The Morgan fingerprint density at radius 3 is 2.41 bits per heavy atom. The monoisotopic (exact) mass is 454 g/mol. The number of halogens is 1. The predicted octanol–water partition coefficient (Wildman–Crippen LogP) is 3.72. The van der Waals surface area contributed by atoms with Crippen molar-refractivity contribution < 1.29 is 17.9 Å². The molecule has 146 valence electrons. The van der Waals surface area contributed by atoms with Crippen molar-refractivity contribution in [3.8, 4) is 5.75 Å². The quantitative estimate of drug-likeness (QED) is 0.721. The van der Waals surface area contributed by atoms with Crippen molar-refractivity contribution in [3.05, 3.63) is 52.0 Å². The van der Waals surface area contributed by atoms with Gasteiger partial charge in [0.1, 0.15) is 5.75 Å². The fraction of sp³-hybridized carbons (Fsp3) is 0.316. The summed E-state index contributed by atoms with van der Waals surface area (Å²) in [7, 11) is -0.664. The molecule has 2 aromatic rings. The summed E-state index contributed by atoms with van der Waals surface area (Å²) in [6.45, 7) is 5.39. The highest BCUT2D eigenvalue weighted by Gasteiger charge is 2.21. The van der Waals surface area contributed by atoms with Crippen LogP contribution < -0.4 is 10.1 Å². The number of carbonyl (C=O) groups excluding carboxylic acids is 1. The molecular weight excluding hydrogens is 432 g/mol. The van der Waals surface area contributed by atoms with Gasteiger partial charge in [-0.3, -0.25) is 4.79 Å². The molecule has 0 radical (unpaired) electrons. The Bertz CT molecular complexity index is 958. The Labute approximate surface area is 168 Å². The number of rotatable bonds is 6. The molecular formula is C19H23BrN2O4S. The summed E-state index contributed by atoms with van der Waals surface area (Å²) >= 11 is 3.42. The van der Waals surface area contributed by atoms with Crippen LogP contribution >= 0.6 is 15.9 Å². The van der Waals surface area contributed by atoms with Crippen LogP contribution in [0.2, 0.25) is 0 Å². The minimum Gasteiger partial charge on any atom is -0.480 e. The third kappa shape index (κ3) is 5.09. The van der Waals surface area contributed by atoms with Gasteiger partial charge in [-0.1, -0.05) is 12.1 Å². The number of amides is 1. The summed E-state index contributed by atoms with van der Waals surface area (Å²) in [5.74, 6) is 0.189. The minimum absolute atomic E-state index is 0.114. The van der Waals surface area contributed by atoms with E-state index in [4.69, 9.17) is 4.74 Å². The molecule has 0 saturated heterocycles. The Morgan fingerprint density at radius 1 is 1.15 bits per heavy atom. The highest BCUT2D eigenvalue weighted by Crippen LogP contribution is 2.27. The molecule has 1 amide bonds. The van der Waals surface area contributed by atoms with Crippen LogP contribution in [-0.2, 0) is 14.8 Å². The second kappa shape index (κ2) is 8.41. The van der Waals surface area contributed by atoms with Crippen LogP contribution in [0, 0.1) is 13.8 Å². The molecule has 2 rings (SSSR count). The number of nitrogens with zero attached hydrogens (tertiary/aromatic N) is 1. The summed E-state index contributed by atoms with van der Waals surface area (Å²) < 4.78 is 32.2. The van der Waals surface area contributed by atoms with E-state index in [1.165, 1.54) is 26.2 Å². The molecule has 0 heterocycles. The number of anilines is 1. The highest BCUT2D eigenvalue weighted by molar-refractivity contribution is 9.10. The number of hydrogen-bond donors (Lipinski definition) is 1. The van der Waals surface area contributed by atoms with Crippen LogP contribution in [0.15, 0.2) is 45.8 Å². The van der Waals surface area contributed by atoms with Gasteiger partial charge < -0.3 is 10.1 Å². The van der Waals surface area contributed by atoms with Gasteiger partial charge in [-0.25, -0.2) is 12.7 Å². The molecule has 1 atom stereocenters. The standard InChI is InChI=1S/C19H23BrN2O4S/c1-12-6-9-18(16(20)10-12)26-14(3)19(23)21-17-11-15(8-7-13(17)2)27(24,25)22(4)5/h6-11,14H,1-5H3,(H,21,23). The number of sulfonamides is 1. The molecule has 1 N–H and O–H groups in total. The molecule has 0 spiro atoms. The first kappa shape index (κ1) is 21.4. The van der Waals surface area contributed by atoms with Crippen molar-refractivity contribution in [1.29, 1.82) is 0 Å². The molecule has 0 saturated carbocycles. The molecule has 0 aliphatic rings. The summed E-state index contributed by atoms with van der Waals surface area (Å²) in [5.41, 5.74) is 2.26. The van der Waals surface area contributed by atoms with Gasteiger partial charge in [0.25, 0.3) is 5.91 Å². The average Bonchev–Trinajstić information content (AvgIpc) is 2.58. The molecule has 0 aliphatic carbocycles. The van der Waals surface area contributed by atoms with Crippen LogP contribution in [0.4, 0.5) is 5.69 Å². The maximum Gasteiger partial charge on any atom is 0.265 e. The lowest BCUT2D eigenvalue weighted by molar-refractivity contribution is -0.122. The van der Waals surface area contributed by atoms with E-state index in [-0.39, 0.29) is 10.8 Å². The van der Waals surface area contributed by atoms with Crippen molar-refractivity contribution >= 4 is 37.5 Å². The van der Waals surface area contributed by atoms with Gasteiger partial charge in [0.05, 0.1) is 9.37 Å². The number of nitrogens with one attached hydrogen (secondary N) is 1. The summed E-state index contributed by atoms with van der Waals surface area (Å²) in [4.78, 5) is 12.6. The van der Waals surface area contributed by atoms with Gasteiger partial charge in [0.2, 0.25) is 10.0 Å². The summed E-state index contributed by atoms with van der Waals surface area (Å²) in [6, 6.07) is 10.2. The van der Waals surface area contributed by atoms with Crippen LogP contribution in [0.1, 0.15) is 18.1 Å². The zero-order valence-corrected chi connectivity index (χ0v) is 18.3. The van der Waals surface area contributed by atoms with E-state index in [9.17, 15) is 13.2 Å². The van der Waals surface area contributed by atoms with Gasteiger partial charge in [-0.15, -0.1) is 0 Å². The molecule has 1 unspecified atom stereocenters. The molecule has 8 heteroatoms. The van der Waals surface area contributed by atoms with Crippen LogP contribution in [0.3, 0.4) is 0 Å². The lowest BCUT2D eigenvalue weighted by Gasteiger charge is -2.18. The van der Waals surface area contributed by atoms with Crippen LogP contribution in [0.5, 0.6) is 5.75 Å². The smallest absolute Gasteiger partial charge is 0.265 e. The SMILES string of the molecule is Cc1ccc(OC(C)C(=O)Nc2cc(S(=O)(=O)N(C)C)ccc2C)c(Br)c1. The lowest BCUT2D eigenvalue weighted by atomic mass is 10.2. The second-order valence-electron chi connectivity index (χ2n) is 6.45. The Morgan fingerprint density at radius 2 is 1.81 bits per heavy atom. The van der Waals surface area contributed by atoms with Crippen molar-refractivity contribution in [1.82, 2.24) is 4.31 Å². The molecule has 6 nitrogen and oxygen atoms in total. The fourth-order valence-electron chi connectivity index (χ4n) is 2.29. The van der Waals surface area contributed by atoms with Crippen molar-refractivity contribution in [2.24, 2.45) is 0 Å². The van der Waals surface area contributed by atoms with Gasteiger partial charge in [-0.05, 0) is 72.1 Å². The first-order chi connectivity index (χ1) is 12.5. The molecule has 0 aromatic heterocycles. The number of benzene rings is 2. The van der Waals surface area contributed by atoms with Gasteiger partial charge in [-0.2, -0.15) is 0 Å². The maximum atomic E-state index is 12.5. The van der Waals surface area contributed by atoms with E-state index >= 15 is 0 Å². The average molecular weight is 455 g/mol. The van der Waals surface area contributed by atoms with Gasteiger partial charge in [0, 0.05) is 19.8 Å². The summed E-state index contributed by atoms with van der Waals surface area (Å²) in [5, 5.41) is 2.75. The van der Waals surface area contributed by atoms with Crippen molar-refractivity contribution in [2.45, 2.75) is 31.8 Å². The Kier molecular flexibility index (Phi) is 6.67. The normalized spacial score (nSPS) is 12.7. The van der Waals surface area contributed by atoms with E-state index in [0.717, 1.165) is 19.9 Å². The predicted molar refractivity (Wildman–Crippen MR) is 110 cm³/mol. The van der Waals surface area contributed by atoms with E-state index in [2.05, 4.69) is 21.2 Å². The fourth-order valence-corrected chi connectivity index (χ4v) is 3.80. The Balaban J connectivity index is 2.19. The highest BCUT2D eigenvalue weighted by atomic mass is 79.9. The molecule has 0 fully saturated rings. The second-order valence-corrected chi connectivity index (χ2v) is 9.45. The molecule has 0 bridgehead atoms. The van der Waals surface area contributed by atoms with E-state index in [0.29, 0.717) is 11.4 Å². The number of aryl methyl sites for hydroxylation is 2. The van der Waals surface area contributed by atoms with Crippen LogP contribution in [0.25, 0.3) is 0 Å². The molecule has 0 aliphatic heterocycles. The topological polar surface area (TPSA) is 75.7 Å². The Hall–Kier alpha value is -1.90. The van der Waals surface area contributed by atoms with Gasteiger partial charge in [0.15, 0.2) is 6.10 Å². The van der Waals surface area contributed by atoms with E-state index < -0.39 is 16.1 Å². The van der Waals surface area contributed by atoms with E-state index in [1.807, 2.05) is 19.1 Å². The maximum absolute atomic E-state index is 12.5. The number of hydrogen-bond acceptors (Lipinski definition) is 4. The first-order valence-electron chi connectivity index (χ1n) is 8.29. The first-order valence-corrected chi connectivity index (χ1v) is 10.5. The largest absolute Gasteiger partial charge is 0.480 e. The van der Waals surface area contributed by atoms with Crippen molar-refractivity contribution in [2.75, 3.05) is 19.4 Å². The zero-order chi connectivity index (χ0) is 20.4. The van der Waals surface area contributed by atoms with Gasteiger partial charge >= 0.3 is 0 Å². The number of carbonyl (C=O) groups is 1. The third-order valence-electron chi connectivity index (χ3n) is 4.01. The molecule has 2 aromatic carbocycles.